The number of carbonyl (C=O) groups is 3. The molecule has 0 radical (unpaired) electrons. The zero-order chi connectivity index (χ0) is 24.7. The van der Waals surface area contributed by atoms with Crippen LogP contribution in [-0.2, 0) is 16.1 Å². The van der Waals surface area contributed by atoms with E-state index in [9.17, 15) is 14.4 Å². The van der Waals surface area contributed by atoms with Crippen molar-refractivity contribution >= 4 is 40.8 Å². The number of nitrogens with one attached hydrogen (secondary N) is 1. The molecule has 0 heterocycles. The van der Waals surface area contributed by atoms with Crippen molar-refractivity contribution in [1.82, 2.24) is 4.90 Å². The minimum Gasteiger partial charge on any atom is -0.452 e. The van der Waals surface area contributed by atoms with Crippen LogP contribution in [0.15, 0.2) is 72.8 Å². The molecule has 0 aromatic heterocycles. The Morgan fingerprint density at radius 1 is 0.882 bits per heavy atom. The molecule has 0 fully saturated rings. The summed E-state index contributed by atoms with van der Waals surface area (Å²) in [6, 6.07) is 20.7. The van der Waals surface area contributed by atoms with Gasteiger partial charge in [0.2, 0.25) is 0 Å². The molecule has 3 aromatic rings. The second kappa shape index (κ2) is 11.3. The van der Waals surface area contributed by atoms with Gasteiger partial charge in [-0.2, -0.15) is 0 Å². The summed E-state index contributed by atoms with van der Waals surface area (Å²) in [4.78, 5) is 41.1. The number of nitrogens with zero attached hydrogens (tertiary/aromatic N) is 2. The highest BCUT2D eigenvalue weighted by atomic mass is 35.5. The molecular weight excluding hydrogens is 454 g/mol. The highest BCUT2D eigenvalue weighted by Crippen LogP contribution is 2.19. The number of rotatable bonds is 8. The zero-order valence-electron chi connectivity index (χ0n) is 19.2. The lowest BCUT2D eigenvalue weighted by Gasteiger charge is -2.18. The molecule has 3 aromatic carbocycles. The van der Waals surface area contributed by atoms with Crippen LogP contribution in [-0.4, -0.2) is 50.4 Å². The molecular formula is C26H26ClN3O4. The first-order valence-electron chi connectivity index (χ1n) is 10.6. The first kappa shape index (κ1) is 24.8. The van der Waals surface area contributed by atoms with Crippen LogP contribution in [0.3, 0.4) is 0 Å². The third-order valence-electron chi connectivity index (χ3n) is 5.13. The molecule has 2 amide bonds. The van der Waals surface area contributed by atoms with Gasteiger partial charge in [0.05, 0.1) is 11.3 Å². The fourth-order valence-electron chi connectivity index (χ4n) is 3.14. The Kier molecular flexibility index (Phi) is 8.27. The minimum absolute atomic E-state index is 0.152. The van der Waals surface area contributed by atoms with Gasteiger partial charge in [-0.1, -0.05) is 35.9 Å². The van der Waals surface area contributed by atoms with Crippen molar-refractivity contribution in [2.24, 2.45) is 0 Å². The summed E-state index contributed by atoms with van der Waals surface area (Å²) in [6.07, 6.45) is 0. The van der Waals surface area contributed by atoms with Gasteiger partial charge in [0.1, 0.15) is 0 Å². The molecule has 0 aliphatic heterocycles. The maximum absolute atomic E-state index is 12.6. The molecule has 176 valence electrons. The number of amides is 2. The number of anilines is 2. The Bertz CT molecular complexity index is 1160. The van der Waals surface area contributed by atoms with Gasteiger partial charge in [-0.05, 0) is 54.1 Å². The SMILES string of the molecule is CN(Cc1ccc(N(C)C)cc1)C(=O)COC(=O)c1ccccc1NC(=O)c1ccc(Cl)cc1. The summed E-state index contributed by atoms with van der Waals surface area (Å²) in [5.74, 6) is -1.44. The Labute approximate surface area is 203 Å². The van der Waals surface area contributed by atoms with Crippen LogP contribution in [0.25, 0.3) is 0 Å². The van der Waals surface area contributed by atoms with Crippen molar-refractivity contribution in [3.05, 3.63) is 94.5 Å². The number of benzene rings is 3. The van der Waals surface area contributed by atoms with E-state index in [4.69, 9.17) is 16.3 Å². The van der Waals surface area contributed by atoms with Gasteiger partial charge in [0.25, 0.3) is 11.8 Å². The van der Waals surface area contributed by atoms with E-state index in [-0.39, 0.29) is 17.2 Å². The maximum Gasteiger partial charge on any atom is 0.340 e. The van der Waals surface area contributed by atoms with Crippen LogP contribution in [0.1, 0.15) is 26.3 Å². The number of halogens is 1. The van der Waals surface area contributed by atoms with Gasteiger partial charge >= 0.3 is 5.97 Å². The largest absolute Gasteiger partial charge is 0.452 e. The number of carbonyl (C=O) groups excluding carboxylic acids is 3. The average molecular weight is 480 g/mol. The van der Waals surface area contributed by atoms with Gasteiger partial charge in [-0.3, -0.25) is 9.59 Å². The van der Waals surface area contributed by atoms with Crippen LogP contribution in [0.4, 0.5) is 11.4 Å². The molecule has 0 aliphatic carbocycles. The third kappa shape index (κ3) is 6.59. The van der Waals surface area contributed by atoms with Crippen molar-refractivity contribution in [2.75, 3.05) is 38.0 Å². The normalized spacial score (nSPS) is 10.4. The summed E-state index contributed by atoms with van der Waals surface area (Å²) in [5.41, 5.74) is 2.85. The van der Waals surface area contributed by atoms with Crippen molar-refractivity contribution in [1.29, 1.82) is 0 Å². The Hall–Kier alpha value is -3.84. The molecule has 0 atom stereocenters. The monoisotopic (exact) mass is 479 g/mol. The lowest BCUT2D eigenvalue weighted by atomic mass is 10.1. The van der Waals surface area contributed by atoms with E-state index in [0.717, 1.165) is 11.3 Å². The minimum atomic E-state index is -0.705. The second-order valence-electron chi connectivity index (χ2n) is 7.89. The molecule has 1 N–H and O–H groups in total. The maximum atomic E-state index is 12.6. The molecule has 7 nitrogen and oxygen atoms in total. The van der Waals surface area contributed by atoms with Crippen molar-refractivity contribution in [3.8, 4) is 0 Å². The molecule has 0 aliphatic rings. The highest BCUT2D eigenvalue weighted by Gasteiger charge is 2.18. The molecule has 34 heavy (non-hydrogen) atoms. The van der Waals surface area contributed by atoms with Gasteiger partial charge in [0, 0.05) is 44.0 Å². The smallest absolute Gasteiger partial charge is 0.340 e. The number of likely N-dealkylation sites (N-methyl/N-ethyl adjacent to an activating group) is 1. The van der Waals surface area contributed by atoms with Crippen LogP contribution in [0.5, 0.6) is 0 Å². The van der Waals surface area contributed by atoms with E-state index >= 15 is 0 Å². The third-order valence-corrected chi connectivity index (χ3v) is 5.38. The van der Waals surface area contributed by atoms with Crippen molar-refractivity contribution in [3.63, 3.8) is 0 Å². The summed E-state index contributed by atoms with van der Waals surface area (Å²) >= 11 is 5.86. The van der Waals surface area contributed by atoms with Crippen LogP contribution in [0, 0.1) is 0 Å². The van der Waals surface area contributed by atoms with Crippen LogP contribution in [0.2, 0.25) is 5.02 Å². The Morgan fingerprint density at radius 3 is 2.18 bits per heavy atom. The first-order chi connectivity index (χ1) is 16.2. The molecule has 0 saturated heterocycles. The first-order valence-corrected chi connectivity index (χ1v) is 11.0. The lowest BCUT2D eigenvalue weighted by molar-refractivity contribution is -0.133. The molecule has 0 bridgehead atoms. The van der Waals surface area contributed by atoms with Gasteiger partial charge in [0.15, 0.2) is 6.61 Å². The van der Waals surface area contributed by atoms with E-state index in [1.54, 1.807) is 49.5 Å². The zero-order valence-corrected chi connectivity index (χ0v) is 20.0. The van der Waals surface area contributed by atoms with E-state index < -0.39 is 18.5 Å². The predicted octanol–water partition coefficient (Wildman–Crippen LogP) is 4.47. The Morgan fingerprint density at radius 2 is 1.53 bits per heavy atom. The van der Waals surface area contributed by atoms with Crippen molar-refractivity contribution < 1.29 is 19.1 Å². The van der Waals surface area contributed by atoms with E-state index in [0.29, 0.717) is 17.1 Å². The molecule has 0 unspecified atom stereocenters. The summed E-state index contributed by atoms with van der Waals surface area (Å²) < 4.78 is 5.24. The van der Waals surface area contributed by atoms with Gasteiger partial charge in [-0.15, -0.1) is 0 Å². The molecule has 8 heteroatoms. The lowest BCUT2D eigenvalue weighted by Crippen LogP contribution is -2.31. The van der Waals surface area contributed by atoms with E-state index in [2.05, 4.69) is 5.32 Å². The number of hydrogen-bond donors (Lipinski definition) is 1. The number of para-hydroxylation sites is 1. The van der Waals surface area contributed by atoms with Gasteiger partial charge in [-0.25, -0.2) is 4.79 Å². The molecule has 0 spiro atoms. The van der Waals surface area contributed by atoms with E-state index in [1.165, 1.54) is 11.0 Å². The number of hydrogen-bond acceptors (Lipinski definition) is 5. The predicted molar refractivity (Wildman–Crippen MR) is 133 cm³/mol. The Balaban J connectivity index is 1.58. The molecule has 0 saturated carbocycles. The fourth-order valence-corrected chi connectivity index (χ4v) is 3.27. The second-order valence-corrected chi connectivity index (χ2v) is 8.33. The van der Waals surface area contributed by atoms with Crippen molar-refractivity contribution in [2.45, 2.75) is 6.54 Å². The quantitative estimate of drug-likeness (QED) is 0.482. The summed E-state index contributed by atoms with van der Waals surface area (Å²) in [5, 5.41) is 3.22. The number of esters is 1. The average Bonchev–Trinajstić information content (AvgIpc) is 2.83. The fraction of sp³-hybridized carbons (Fsp3) is 0.192. The van der Waals surface area contributed by atoms with Crippen LogP contribution < -0.4 is 10.2 Å². The summed E-state index contributed by atoms with van der Waals surface area (Å²) in [7, 11) is 5.57. The van der Waals surface area contributed by atoms with Crippen LogP contribution >= 0.6 is 11.6 Å². The topological polar surface area (TPSA) is 79.0 Å². The standard InChI is InChI=1S/C26H26ClN3O4/c1-29(2)21-14-8-18(9-15-21)16-30(3)24(31)17-34-26(33)22-6-4-5-7-23(22)28-25(32)19-10-12-20(27)13-11-19/h4-15H,16-17H2,1-3H3,(H,28,32). The summed E-state index contributed by atoms with van der Waals surface area (Å²) in [6.45, 7) is -0.0254. The highest BCUT2D eigenvalue weighted by molar-refractivity contribution is 6.30. The number of ether oxygens (including phenoxy) is 1. The molecule has 3 rings (SSSR count). The van der Waals surface area contributed by atoms with E-state index in [1.807, 2.05) is 43.3 Å². The van der Waals surface area contributed by atoms with Gasteiger partial charge < -0.3 is 19.9 Å².